The molecule has 0 spiro atoms. The number of piperidine rings is 1. The molecule has 1 saturated heterocycles. The molecule has 3 nitrogen and oxygen atoms in total. The van der Waals surface area contributed by atoms with Gasteiger partial charge in [0.2, 0.25) is 0 Å². The minimum absolute atomic E-state index is 0.612. The Morgan fingerprint density at radius 3 is 2.75 bits per heavy atom. The third kappa shape index (κ3) is 3.61. The Hall–Kier alpha value is -1.50. The molecule has 1 aliphatic rings. The van der Waals surface area contributed by atoms with Crippen LogP contribution in [0.3, 0.4) is 0 Å². The van der Waals surface area contributed by atoms with Crippen molar-refractivity contribution in [1.82, 2.24) is 9.55 Å². The summed E-state index contributed by atoms with van der Waals surface area (Å²) in [5, 5.41) is 2.92. The molecule has 0 aliphatic carbocycles. The van der Waals surface area contributed by atoms with Gasteiger partial charge in [-0.2, -0.15) is 13.2 Å². The summed E-state index contributed by atoms with van der Waals surface area (Å²) in [6, 6.07) is 1.80. The molecular formula is C17H22F3N3S. The number of anilines is 1. The van der Waals surface area contributed by atoms with Crippen molar-refractivity contribution in [3.8, 4) is 11.3 Å². The topological polar surface area (TPSA) is 21.1 Å². The second kappa shape index (κ2) is 6.43. The summed E-state index contributed by atoms with van der Waals surface area (Å²) in [6.07, 6.45) is -1.81. The van der Waals surface area contributed by atoms with E-state index in [1.165, 1.54) is 11.0 Å². The van der Waals surface area contributed by atoms with Gasteiger partial charge < -0.3 is 9.47 Å². The van der Waals surface area contributed by atoms with Gasteiger partial charge in [-0.3, -0.25) is 0 Å². The van der Waals surface area contributed by atoms with Crippen LogP contribution in [-0.2, 0) is 6.54 Å². The number of aryl methyl sites for hydroxylation is 1. The van der Waals surface area contributed by atoms with Crippen molar-refractivity contribution in [1.29, 1.82) is 0 Å². The van der Waals surface area contributed by atoms with E-state index in [1.807, 2.05) is 5.38 Å². The first-order valence-electron chi connectivity index (χ1n) is 8.19. The molecule has 3 heterocycles. The van der Waals surface area contributed by atoms with Gasteiger partial charge in [-0.05, 0) is 38.7 Å². The van der Waals surface area contributed by atoms with Crippen molar-refractivity contribution in [2.45, 2.75) is 46.3 Å². The molecule has 1 unspecified atom stereocenters. The number of halogens is 3. The fourth-order valence-electron chi connectivity index (χ4n) is 3.38. The Kier molecular flexibility index (Phi) is 4.64. The van der Waals surface area contributed by atoms with Crippen molar-refractivity contribution < 1.29 is 13.2 Å². The van der Waals surface area contributed by atoms with Gasteiger partial charge in [0, 0.05) is 35.4 Å². The predicted octanol–water partition coefficient (Wildman–Crippen LogP) is 5.03. The summed E-state index contributed by atoms with van der Waals surface area (Å²) in [5.41, 5.74) is 2.80. The number of hydrogen-bond donors (Lipinski definition) is 0. The lowest BCUT2D eigenvalue weighted by molar-refractivity contribution is -0.141. The van der Waals surface area contributed by atoms with Gasteiger partial charge in [-0.15, -0.1) is 11.3 Å². The first kappa shape index (κ1) is 17.3. The molecule has 0 radical (unpaired) electrons. The van der Waals surface area contributed by atoms with E-state index in [0.717, 1.165) is 35.9 Å². The van der Waals surface area contributed by atoms with Crippen LogP contribution in [0.15, 0.2) is 11.4 Å². The predicted molar refractivity (Wildman–Crippen MR) is 91.7 cm³/mol. The molecule has 2 aromatic rings. The smallest absolute Gasteiger partial charge is 0.348 e. The summed E-state index contributed by atoms with van der Waals surface area (Å²) in [4.78, 5) is 6.99. The molecule has 0 bridgehead atoms. The van der Waals surface area contributed by atoms with E-state index in [0.29, 0.717) is 17.3 Å². The van der Waals surface area contributed by atoms with E-state index in [1.54, 1.807) is 31.3 Å². The van der Waals surface area contributed by atoms with E-state index in [4.69, 9.17) is 4.98 Å². The molecule has 3 rings (SSSR count). The maximum Gasteiger partial charge on any atom is 0.406 e. The fourth-order valence-corrected chi connectivity index (χ4v) is 4.24. The number of aromatic nitrogens is 2. The Bertz CT molecular complexity index is 717. The number of thiazole rings is 1. The molecule has 0 amide bonds. The third-order valence-corrected chi connectivity index (χ3v) is 5.51. The molecule has 1 atom stereocenters. The first-order valence-corrected chi connectivity index (χ1v) is 9.07. The van der Waals surface area contributed by atoms with Gasteiger partial charge in [0.25, 0.3) is 0 Å². The zero-order chi connectivity index (χ0) is 17.5. The normalized spacial score (nSPS) is 19.1. The minimum Gasteiger partial charge on any atom is -0.348 e. The highest BCUT2D eigenvalue weighted by atomic mass is 32.1. The molecule has 0 N–H and O–H groups in total. The minimum atomic E-state index is -4.22. The lowest BCUT2D eigenvalue weighted by atomic mass is 10.0. The summed E-state index contributed by atoms with van der Waals surface area (Å²) >= 11 is 1.57. The van der Waals surface area contributed by atoms with Crippen LogP contribution in [0.4, 0.5) is 18.3 Å². The maximum absolute atomic E-state index is 12.8. The molecule has 0 aromatic carbocycles. The van der Waals surface area contributed by atoms with Gasteiger partial charge >= 0.3 is 6.18 Å². The van der Waals surface area contributed by atoms with Crippen LogP contribution in [0.25, 0.3) is 11.3 Å². The van der Waals surface area contributed by atoms with Crippen LogP contribution in [0.5, 0.6) is 0 Å². The van der Waals surface area contributed by atoms with Crippen LogP contribution >= 0.6 is 11.3 Å². The first-order chi connectivity index (χ1) is 11.2. The van der Waals surface area contributed by atoms with Crippen molar-refractivity contribution in [3.05, 3.63) is 22.8 Å². The van der Waals surface area contributed by atoms with Crippen molar-refractivity contribution in [2.24, 2.45) is 5.92 Å². The standard InChI is InChI=1S/C17H22F3N3S/c1-11-5-4-6-22(8-11)16-21-15(9-24-16)14-7-12(2)23(13(14)3)10-17(18,19)20/h7,9,11H,4-6,8,10H2,1-3H3. The van der Waals surface area contributed by atoms with Gasteiger partial charge in [0.15, 0.2) is 5.13 Å². The van der Waals surface area contributed by atoms with Crippen LogP contribution < -0.4 is 4.90 Å². The van der Waals surface area contributed by atoms with E-state index in [2.05, 4.69) is 11.8 Å². The number of hydrogen-bond acceptors (Lipinski definition) is 3. The van der Waals surface area contributed by atoms with E-state index in [-0.39, 0.29) is 0 Å². The van der Waals surface area contributed by atoms with Crippen molar-refractivity contribution in [3.63, 3.8) is 0 Å². The Morgan fingerprint density at radius 2 is 2.08 bits per heavy atom. The Labute approximate surface area is 144 Å². The summed E-state index contributed by atoms with van der Waals surface area (Å²) < 4.78 is 39.6. The second-order valence-corrected chi connectivity index (χ2v) is 7.53. The van der Waals surface area contributed by atoms with Crippen LogP contribution in [0, 0.1) is 19.8 Å². The monoisotopic (exact) mass is 357 g/mol. The van der Waals surface area contributed by atoms with Gasteiger partial charge in [-0.1, -0.05) is 6.92 Å². The van der Waals surface area contributed by atoms with Crippen molar-refractivity contribution >= 4 is 16.5 Å². The highest BCUT2D eigenvalue weighted by Gasteiger charge is 2.30. The number of rotatable bonds is 3. The van der Waals surface area contributed by atoms with E-state index < -0.39 is 12.7 Å². The van der Waals surface area contributed by atoms with Crippen LogP contribution in [0.2, 0.25) is 0 Å². The lowest BCUT2D eigenvalue weighted by Crippen LogP contribution is -2.34. The Morgan fingerprint density at radius 1 is 1.33 bits per heavy atom. The summed E-state index contributed by atoms with van der Waals surface area (Å²) in [6.45, 7) is 6.74. The summed E-state index contributed by atoms with van der Waals surface area (Å²) in [5.74, 6) is 0.656. The molecule has 1 fully saturated rings. The van der Waals surface area contributed by atoms with Crippen LogP contribution in [-0.4, -0.2) is 28.8 Å². The number of nitrogens with zero attached hydrogens (tertiary/aromatic N) is 3. The fraction of sp³-hybridized carbons (Fsp3) is 0.588. The van der Waals surface area contributed by atoms with E-state index in [9.17, 15) is 13.2 Å². The lowest BCUT2D eigenvalue weighted by Gasteiger charge is -2.30. The SMILES string of the molecule is Cc1cc(-c2csc(N3CCCC(C)C3)n2)c(C)n1CC(F)(F)F. The maximum atomic E-state index is 12.8. The van der Waals surface area contributed by atoms with Gasteiger partial charge in [-0.25, -0.2) is 4.98 Å². The molecule has 1 aliphatic heterocycles. The summed E-state index contributed by atoms with van der Waals surface area (Å²) in [7, 11) is 0. The average molecular weight is 357 g/mol. The highest BCUT2D eigenvalue weighted by Crippen LogP contribution is 2.34. The largest absolute Gasteiger partial charge is 0.406 e. The molecular weight excluding hydrogens is 335 g/mol. The molecule has 0 saturated carbocycles. The quantitative estimate of drug-likeness (QED) is 0.768. The van der Waals surface area contributed by atoms with Crippen LogP contribution in [0.1, 0.15) is 31.2 Å². The van der Waals surface area contributed by atoms with E-state index >= 15 is 0 Å². The molecule has 132 valence electrons. The zero-order valence-electron chi connectivity index (χ0n) is 14.2. The van der Waals surface area contributed by atoms with Gasteiger partial charge in [0.1, 0.15) is 6.54 Å². The number of alkyl halides is 3. The average Bonchev–Trinajstić information content (AvgIpc) is 3.07. The molecule has 2 aromatic heterocycles. The highest BCUT2D eigenvalue weighted by molar-refractivity contribution is 7.14. The zero-order valence-corrected chi connectivity index (χ0v) is 15.0. The van der Waals surface area contributed by atoms with Gasteiger partial charge in [0.05, 0.1) is 5.69 Å². The molecule has 24 heavy (non-hydrogen) atoms. The third-order valence-electron chi connectivity index (χ3n) is 4.61. The molecule has 7 heteroatoms. The second-order valence-electron chi connectivity index (χ2n) is 6.69. The van der Waals surface area contributed by atoms with Crippen molar-refractivity contribution in [2.75, 3.05) is 18.0 Å². The Balaban J connectivity index is 1.86.